The standard InChI is InChI=1S/C14H18N2S/c15-8-4-9-16-10-7-13(11-16)12-17-14-5-2-1-3-6-14/h1-3,5-6,13H,4,7,9-12H2/t13-/m0/s1. The number of hydrogen-bond donors (Lipinski definition) is 0. The Morgan fingerprint density at radius 1 is 1.35 bits per heavy atom. The van der Waals surface area contributed by atoms with Crippen LogP contribution in [0.25, 0.3) is 0 Å². The number of nitrogens with zero attached hydrogens (tertiary/aromatic N) is 2. The normalized spacial score (nSPS) is 20.3. The van der Waals surface area contributed by atoms with Crippen molar-refractivity contribution in [3.63, 3.8) is 0 Å². The first kappa shape index (κ1) is 12.5. The highest BCUT2D eigenvalue weighted by Crippen LogP contribution is 2.25. The van der Waals surface area contributed by atoms with Gasteiger partial charge in [0.05, 0.1) is 6.07 Å². The topological polar surface area (TPSA) is 27.0 Å². The maximum atomic E-state index is 8.56. The summed E-state index contributed by atoms with van der Waals surface area (Å²) in [6.07, 6.45) is 1.95. The first-order valence-corrected chi connectivity index (χ1v) is 7.14. The predicted octanol–water partition coefficient (Wildman–Crippen LogP) is 3.01. The molecular weight excluding hydrogens is 228 g/mol. The molecule has 0 aromatic heterocycles. The Bertz CT molecular complexity index is 372. The lowest BCUT2D eigenvalue weighted by atomic mass is 10.2. The van der Waals surface area contributed by atoms with Crippen LogP contribution in [0.4, 0.5) is 0 Å². The third-order valence-electron chi connectivity index (χ3n) is 3.14. The maximum Gasteiger partial charge on any atom is 0.0635 e. The molecule has 0 N–H and O–H groups in total. The van der Waals surface area contributed by atoms with Crippen molar-refractivity contribution in [2.45, 2.75) is 17.7 Å². The fourth-order valence-electron chi connectivity index (χ4n) is 2.19. The molecule has 1 atom stereocenters. The Morgan fingerprint density at radius 2 is 2.18 bits per heavy atom. The monoisotopic (exact) mass is 246 g/mol. The average molecular weight is 246 g/mol. The molecule has 2 rings (SSSR count). The first-order chi connectivity index (χ1) is 8.38. The van der Waals surface area contributed by atoms with Crippen LogP contribution in [0.2, 0.25) is 0 Å². The first-order valence-electron chi connectivity index (χ1n) is 6.15. The van der Waals surface area contributed by atoms with Crippen LogP contribution < -0.4 is 0 Å². The van der Waals surface area contributed by atoms with Gasteiger partial charge in [0.2, 0.25) is 0 Å². The van der Waals surface area contributed by atoms with Crippen LogP contribution in [0.3, 0.4) is 0 Å². The third-order valence-corrected chi connectivity index (χ3v) is 4.38. The molecule has 2 nitrogen and oxygen atoms in total. The van der Waals surface area contributed by atoms with Crippen molar-refractivity contribution < 1.29 is 0 Å². The van der Waals surface area contributed by atoms with Crippen LogP contribution in [0.1, 0.15) is 12.8 Å². The summed E-state index contributed by atoms with van der Waals surface area (Å²) < 4.78 is 0. The molecule has 90 valence electrons. The number of thioether (sulfide) groups is 1. The number of nitriles is 1. The zero-order valence-corrected chi connectivity index (χ0v) is 10.8. The SMILES string of the molecule is N#CCCN1CC[C@H](CSc2ccccc2)C1. The lowest BCUT2D eigenvalue weighted by Crippen LogP contribution is -2.22. The molecule has 0 unspecified atom stereocenters. The number of hydrogen-bond acceptors (Lipinski definition) is 3. The fourth-order valence-corrected chi connectivity index (χ4v) is 3.24. The highest BCUT2D eigenvalue weighted by molar-refractivity contribution is 7.99. The molecule has 0 aliphatic carbocycles. The lowest BCUT2D eigenvalue weighted by molar-refractivity contribution is 0.337. The lowest BCUT2D eigenvalue weighted by Gasteiger charge is -2.13. The van der Waals surface area contributed by atoms with Crippen molar-refractivity contribution in [2.75, 3.05) is 25.4 Å². The number of likely N-dealkylation sites (tertiary alicyclic amines) is 1. The molecule has 0 saturated carbocycles. The minimum Gasteiger partial charge on any atom is -0.302 e. The van der Waals surface area contributed by atoms with E-state index in [-0.39, 0.29) is 0 Å². The predicted molar refractivity (Wildman–Crippen MR) is 71.9 cm³/mol. The van der Waals surface area contributed by atoms with E-state index >= 15 is 0 Å². The molecule has 17 heavy (non-hydrogen) atoms. The third kappa shape index (κ3) is 4.07. The summed E-state index contributed by atoms with van der Waals surface area (Å²) in [6, 6.07) is 12.8. The van der Waals surface area contributed by atoms with Gasteiger partial charge in [0.1, 0.15) is 0 Å². The van der Waals surface area contributed by atoms with Crippen molar-refractivity contribution in [2.24, 2.45) is 5.92 Å². The van der Waals surface area contributed by atoms with Gasteiger partial charge >= 0.3 is 0 Å². The van der Waals surface area contributed by atoms with Gasteiger partial charge in [-0.05, 0) is 31.0 Å². The molecule has 0 amide bonds. The van der Waals surface area contributed by atoms with Crippen molar-refractivity contribution in [1.82, 2.24) is 4.90 Å². The molecule has 1 aromatic carbocycles. The molecule has 3 heteroatoms. The van der Waals surface area contributed by atoms with E-state index < -0.39 is 0 Å². The summed E-state index contributed by atoms with van der Waals surface area (Å²) in [5.74, 6) is 1.99. The van der Waals surface area contributed by atoms with Gasteiger partial charge < -0.3 is 4.90 Å². The minimum atomic E-state index is 0.665. The Balaban J connectivity index is 1.70. The second kappa shape index (κ2) is 6.68. The zero-order valence-electron chi connectivity index (χ0n) is 10.0. The van der Waals surface area contributed by atoms with Crippen molar-refractivity contribution in [3.8, 4) is 6.07 Å². The van der Waals surface area contributed by atoms with Gasteiger partial charge in [-0.2, -0.15) is 5.26 Å². The van der Waals surface area contributed by atoms with Gasteiger partial charge in [-0.3, -0.25) is 0 Å². The molecule has 1 aromatic rings. The molecule has 0 spiro atoms. The summed E-state index contributed by atoms with van der Waals surface area (Å²) in [6.45, 7) is 3.28. The summed E-state index contributed by atoms with van der Waals surface area (Å²) in [5.41, 5.74) is 0. The van der Waals surface area contributed by atoms with Crippen LogP contribution in [0.5, 0.6) is 0 Å². The number of rotatable bonds is 5. The van der Waals surface area contributed by atoms with Crippen LogP contribution in [0, 0.1) is 17.2 Å². The number of benzene rings is 1. The zero-order chi connectivity index (χ0) is 11.9. The van der Waals surface area contributed by atoms with E-state index in [0.29, 0.717) is 6.42 Å². The molecule has 1 fully saturated rings. The summed E-state index contributed by atoms with van der Waals surface area (Å²) >= 11 is 1.95. The Morgan fingerprint density at radius 3 is 2.94 bits per heavy atom. The van der Waals surface area contributed by atoms with Crippen molar-refractivity contribution in [1.29, 1.82) is 5.26 Å². The summed E-state index contributed by atoms with van der Waals surface area (Å²) in [4.78, 5) is 3.78. The van der Waals surface area contributed by atoms with Gasteiger partial charge in [-0.15, -0.1) is 11.8 Å². The van der Waals surface area contributed by atoms with E-state index in [0.717, 1.165) is 12.5 Å². The second-order valence-electron chi connectivity index (χ2n) is 4.49. The van der Waals surface area contributed by atoms with Crippen molar-refractivity contribution >= 4 is 11.8 Å². The average Bonchev–Trinajstić information content (AvgIpc) is 2.83. The van der Waals surface area contributed by atoms with Crippen LogP contribution in [-0.2, 0) is 0 Å². The molecule has 1 heterocycles. The molecular formula is C14H18N2S. The van der Waals surface area contributed by atoms with E-state index in [1.807, 2.05) is 11.8 Å². The van der Waals surface area contributed by atoms with Gasteiger partial charge in [0.15, 0.2) is 0 Å². The molecule has 1 aliphatic heterocycles. The highest BCUT2D eigenvalue weighted by atomic mass is 32.2. The van der Waals surface area contributed by atoms with Gasteiger partial charge in [0, 0.05) is 30.2 Å². The Hall–Kier alpha value is -0.980. The maximum absolute atomic E-state index is 8.56. The van der Waals surface area contributed by atoms with Crippen LogP contribution in [0.15, 0.2) is 35.2 Å². The van der Waals surface area contributed by atoms with Gasteiger partial charge in [0.25, 0.3) is 0 Å². The second-order valence-corrected chi connectivity index (χ2v) is 5.58. The van der Waals surface area contributed by atoms with Gasteiger partial charge in [-0.25, -0.2) is 0 Å². The van der Waals surface area contributed by atoms with E-state index in [2.05, 4.69) is 41.3 Å². The molecule has 0 radical (unpaired) electrons. The molecule has 1 aliphatic rings. The van der Waals surface area contributed by atoms with Crippen LogP contribution >= 0.6 is 11.8 Å². The smallest absolute Gasteiger partial charge is 0.0635 e. The van der Waals surface area contributed by atoms with Crippen molar-refractivity contribution in [3.05, 3.63) is 30.3 Å². The summed E-state index contributed by atoms with van der Waals surface area (Å²) in [5, 5.41) is 8.56. The van der Waals surface area contributed by atoms with Gasteiger partial charge in [-0.1, -0.05) is 18.2 Å². The largest absolute Gasteiger partial charge is 0.302 e. The Labute approximate surface area is 108 Å². The Kier molecular flexibility index (Phi) is 4.90. The van der Waals surface area contributed by atoms with E-state index in [1.54, 1.807) is 0 Å². The fraction of sp³-hybridized carbons (Fsp3) is 0.500. The quantitative estimate of drug-likeness (QED) is 0.747. The van der Waals surface area contributed by atoms with E-state index in [4.69, 9.17) is 5.26 Å². The van der Waals surface area contributed by atoms with E-state index in [1.165, 1.54) is 30.2 Å². The molecule has 0 bridgehead atoms. The highest BCUT2D eigenvalue weighted by Gasteiger charge is 2.21. The van der Waals surface area contributed by atoms with Crippen LogP contribution in [-0.4, -0.2) is 30.3 Å². The minimum absolute atomic E-state index is 0.665. The van der Waals surface area contributed by atoms with E-state index in [9.17, 15) is 0 Å². The molecule has 1 saturated heterocycles. The summed E-state index contributed by atoms with van der Waals surface area (Å²) in [7, 11) is 0.